The lowest BCUT2D eigenvalue weighted by atomic mass is 10.3. The SMILES string of the molecule is NC(=O)CCNCC(=O)Nc1ccccc1Cl. The fourth-order valence-corrected chi connectivity index (χ4v) is 1.35. The molecule has 0 aromatic heterocycles. The zero-order valence-electron chi connectivity index (χ0n) is 9.20. The molecule has 0 saturated carbocycles. The highest BCUT2D eigenvalue weighted by Crippen LogP contribution is 2.19. The fourth-order valence-electron chi connectivity index (χ4n) is 1.17. The molecular weight excluding hydrogens is 242 g/mol. The molecule has 0 aliphatic heterocycles. The Morgan fingerprint density at radius 1 is 1.29 bits per heavy atom. The van der Waals surface area contributed by atoms with Crippen LogP contribution in [0.5, 0.6) is 0 Å². The van der Waals surface area contributed by atoms with Gasteiger partial charge in [0.15, 0.2) is 0 Å². The van der Waals surface area contributed by atoms with Gasteiger partial charge in [-0.1, -0.05) is 23.7 Å². The average molecular weight is 256 g/mol. The summed E-state index contributed by atoms with van der Waals surface area (Å²) in [5.74, 6) is -0.619. The summed E-state index contributed by atoms with van der Waals surface area (Å²) in [5.41, 5.74) is 5.52. The Hall–Kier alpha value is -1.59. The van der Waals surface area contributed by atoms with Crippen LogP contribution < -0.4 is 16.4 Å². The van der Waals surface area contributed by atoms with Gasteiger partial charge < -0.3 is 16.4 Å². The van der Waals surface area contributed by atoms with Gasteiger partial charge >= 0.3 is 0 Å². The molecule has 0 aliphatic rings. The topological polar surface area (TPSA) is 84.2 Å². The van der Waals surface area contributed by atoms with Gasteiger partial charge in [-0.05, 0) is 12.1 Å². The number of amides is 2. The van der Waals surface area contributed by atoms with E-state index in [4.69, 9.17) is 17.3 Å². The maximum Gasteiger partial charge on any atom is 0.238 e. The third kappa shape index (κ3) is 5.33. The molecule has 0 unspecified atom stereocenters. The number of para-hydroxylation sites is 1. The normalized spacial score (nSPS) is 9.94. The van der Waals surface area contributed by atoms with E-state index in [-0.39, 0.29) is 18.9 Å². The van der Waals surface area contributed by atoms with E-state index in [9.17, 15) is 9.59 Å². The molecule has 1 rings (SSSR count). The van der Waals surface area contributed by atoms with Crippen molar-refractivity contribution in [2.24, 2.45) is 5.73 Å². The molecule has 6 heteroatoms. The van der Waals surface area contributed by atoms with Crippen LogP contribution in [0.15, 0.2) is 24.3 Å². The summed E-state index contributed by atoms with van der Waals surface area (Å²) in [6, 6.07) is 6.96. The smallest absolute Gasteiger partial charge is 0.238 e. The number of carbonyl (C=O) groups is 2. The van der Waals surface area contributed by atoms with E-state index in [0.29, 0.717) is 17.3 Å². The van der Waals surface area contributed by atoms with Crippen LogP contribution in [0, 0.1) is 0 Å². The fraction of sp³-hybridized carbons (Fsp3) is 0.273. The second-order valence-corrected chi connectivity index (χ2v) is 3.83. The van der Waals surface area contributed by atoms with Crippen molar-refractivity contribution in [3.8, 4) is 0 Å². The second kappa shape index (κ2) is 6.88. The molecule has 4 N–H and O–H groups in total. The van der Waals surface area contributed by atoms with Gasteiger partial charge in [0.25, 0.3) is 0 Å². The predicted octanol–water partition coefficient (Wildman–Crippen LogP) is 0.743. The van der Waals surface area contributed by atoms with Gasteiger partial charge in [-0.25, -0.2) is 0 Å². The molecule has 0 heterocycles. The number of halogens is 1. The monoisotopic (exact) mass is 255 g/mol. The predicted molar refractivity (Wildman–Crippen MR) is 66.8 cm³/mol. The molecule has 0 aliphatic carbocycles. The maximum atomic E-state index is 11.5. The second-order valence-electron chi connectivity index (χ2n) is 3.42. The average Bonchev–Trinajstić information content (AvgIpc) is 2.27. The highest BCUT2D eigenvalue weighted by Gasteiger charge is 2.04. The van der Waals surface area contributed by atoms with E-state index >= 15 is 0 Å². The number of anilines is 1. The summed E-state index contributed by atoms with van der Waals surface area (Å²) < 4.78 is 0. The first-order chi connectivity index (χ1) is 8.09. The molecule has 1 aromatic rings. The Balaban J connectivity index is 2.30. The molecular formula is C11H14ClN3O2. The van der Waals surface area contributed by atoms with E-state index in [1.54, 1.807) is 24.3 Å². The molecule has 17 heavy (non-hydrogen) atoms. The van der Waals surface area contributed by atoms with Gasteiger partial charge in [0.2, 0.25) is 11.8 Å². The lowest BCUT2D eigenvalue weighted by molar-refractivity contribution is -0.118. The lowest BCUT2D eigenvalue weighted by Gasteiger charge is -2.07. The molecule has 0 radical (unpaired) electrons. The Morgan fingerprint density at radius 3 is 2.65 bits per heavy atom. The summed E-state index contributed by atoms with van der Waals surface area (Å²) in [5, 5.41) is 5.93. The quantitative estimate of drug-likeness (QED) is 0.656. The number of primary amides is 1. The van der Waals surface area contributed by atoms with E-state index < -0.39 is 5.91 Å². The summed E-state index contributed by atoms with van der Waals surface area (Å²) in [4.78, 5) is 21.9. The largest absolute Gasteiger partial charge is 0.370 e. The first-order valence-corrected chi connectivity index (χ1v) is 5.51. The first kappa shape index (κ1) is 13.5. The number of benzene rings is 1. The van der Waals surface area contributed by atoms with Crippen molar-refractivity contribution in [3.05, 3.63) is 29.3 Å². The Morgan fingerprint density at radius 2 is 2.00 bits per heavy atom. The van der Waals surface area contributed by atoms with Gasteiger partial charge in [0, 0.05) is 13.0 Å². The maximum absolute atomic E-state index is 11.5. The number of nitrogens with one attached hydrogen (secondary N) is 2. The van der Waals surface area contributed by atoms with Crippen LogP contribution in [-0.4, -0.2) is 24.9 Å². The lowest BCUT2D eigenvalue weighted by Crippen LogP contribution is -2.30. The third-order valence-corrected chi connectivity index (χ3v) is 2.31. The van der Waals surface area contributed by atoms with Crippen LogP contribution in [-0.2, 0) is 9.59 Å². The van der Waals surface area contributed by atoms with Crippen molar-refractivity contribution in [1.82, 2.24) is 5.32 Å². The highest BCUT2D eigenvalue weighted by molar-refractivity contribution is 6.33. The van der Waals surface area contributed by atoms with Gasteiger partial charge in [0.05, 0.1) is 17.3 Å². The molecule has 0 bridgehead atoms. The Kier molecular flexibility index (Phi) is 5.45. The Labute approximate surface area is 104 Å². The molecule has 5 nitrogen and oxygen atoms in total. The van der Waals surface area contributed by atoms with Crippen molar-refractivity contribution in [2.75, 3.05) is 18.4 Å². The molecule has 92 valence electrons. The first-order valence-electron chi connectivity index (χ1n) is 5.13. The molecule has 1 aromatic carbocycles. The van der Waals surface area contributed by atoms with Crippen LogP contribution in [0.2, 0.25) is 5.02 Å². The summed E-state index contributed by atoms with van der Waals surface area (Å²) in [6.07, 6.45) is 0.208. The zero-order chi connectivity index (χ0) is 12.7. The van der Waals surface area contributed by atoms with E-state index in [0.717, 1.165) is 0 Å². The van der Waals surface area contributed by atoms with Gasteiger partial charge in [-0.3, -0.25) is 9.59 Å². The molecule has 2 amide bonds. The van der Waals surface area contributed by atoms with Crippen molar-refractivity contribution in [1.29, 1.82) is 0 Å². The van der Waals surface area contributed by atoms with Crippen molar-refractivity contribution >= 4 is 29.1 Å². The van der Waals surface area contributed by atoms with E-state index in [2.05, 4.69) is 10.6 Å². The molecule has 0 fully saturated rings. The van der Waals surface area contributed by atoms with Crippen LogP contribution in [0.4, 0.5) is 5.69 Å². The van der Waals surface area contributed by atoms with Gasteiger partial charge in [0.1, 0.15) is 0 Å². The van der Waals surface area contributed by atoms with Crippen molar-refractivity contribution < 1.29 is 9.59 Å². The molecule has 0 spiro atoms. The van der Waals surface area contributed by atoms with E-state index in [1.165, 1.54) is 0 Å². The summed E-state index contributed by atoms with van der Waals surface area (Å²) >= 11 is 5.87. The molecule has 0 atom stereocenters. The zero-order valence-corrected chi connectivity index (χ0v) is 9.96. The molecule has 0 saturated heterocycles. The number of rotatable bonds is 6. The standard InChI is InChI=1S/C11H14ClN3O2/c12-8-3-1-2-4-9(8)15-11(17)7-14-6-5-10(13)16/h1-4,14H,5-7H2,(H2,13,16)(H,15,17). The Bertz CT molecular complexity index is 409. The number of hydrogen-bond donors (Lipinski definition) is 3. The minimum absolute atomic E-state index is 0.110. The van der Waals surface area contributed by atoms with Crippen LogP contribution >= 0.6 is 11.6 Å². The third-order valence-electron chi connectivity index (χ3n) is 1.98. The van der Waals surface area contributed by atoms with Crippen LogP contribution in [0.3, 0.4) is 0 Å². The summed E-state index contributed by atoms with van der Waals surface area (Å²) in [7, 11) is 0. The number of hydrogen-bond acceptors (Lipinski definition) is 3. The van der Waals surface area contributed by atoms with Crippen LogP contribution in [0.1, 0.15) is 6.42 Å². The highest BCUT2D eigenvalue weighted by atomic mass is 35.5. The van der Waals surface area contributed by atoms with Crippen LogP contribution in [0.25, 0.3) is 0 Å². The van der Waals surface area contributed by atoms with Crippen molar-refractivity contribution in [3.63, 3.8) is 0 Å². The summed E-state index contributed by atoms with van der Waals surface area (Å²) in [6.45, 7) is 0.490. The van der Waals surface area contributed by atoms with Gasteiger partial charge in [-0.2, -0.15) is 0 Å². The number of nitrogens with two attached hydrogens (primary N) is 1. The number of carbonyl (C=O) groups excluding carboxylic acids is 2. The van der Waals surface area contributed by atoms with Gasteiger partial charge in [-0.15, -0.1) is 0 Å². The minimum Gasteiger partial charge on any atom is -0.370 e. The minimum atomic E-state index is -0.399. The van der Waals surface area contributed by atoms with E-state index in [1.807, 2.05) is 0 Å². The van der Waals surface area contributed by atoms with Crippen molar-refractivity contribution in [2.45, 2.75) is 6.42 Å².